The van der Waals surface area contributed by atoms with Gasteiger partial charge in [0, 0.05) is 25.8 Å². The van der Waals surface area contributed by atoms with Crippen molar-refractivity contribution in [2.24, 2.45) is 5.92 Å². The van der Waals surface area contributed by atoms with Crippen LogP contribution in [0.4, 0.5) is 0 Å². The van der Waals surface area contributed by atoms with Crippen LogP contribution in [-0.4, -0.2) is 38.3 Å². The Balaban J connectivity index is 3.87. The Bertz CT molecular complexity index is 193. The van der Waals surface area contributed by atoms with Gasteiger partial charge in [-0.25, -0.2) is 0 Å². The van der Waals surface area contributed by atoms with E-state index in [0.717, 1.165) is 13.0 Å². The van der Waals surface area contributed by atoms with Gasteiger partial charge in [0.1, 0.15) is 0 Å². The average Bonchev–Trinajstić information content (AvgIpc) is 2.16. The van der Waals surface area contributed by atoms with Gasteiger partial charge in [-0.05, 0) is 26.2 Å². The van der Waals surface area contributed by atoms with Crippen molar-refractivity contribution in [2.45, 2.75) is 46.2 Å². The van der Waals surface area contributed by atoms with Gasteiger partial charge in [0.25, 0.3) is 0 Å². The summed E-state index contributed by atoms with van der Waals surface area (Å²) in [5.74, 6) is 0.556. The Kier molecular flexibility index (Phi) is 8.21. The summed E-state index contributed by atoms with van der Waals surface area (Å²) in [6.07, 6.45) is 0.934. The number of ether oxygens (including phenoxy) is 1. The molecule has 0 heterocycles. The predicted molar refractivity (Wildman–Crippen MR) is 66.4 cm³/mol. The number of amides is 1. The molecule has 0 radical (unpaired) electrons. The zero-order chi connectivity index (χ0) is 12.6. The van der Waals surface area contributed by atoms with Crippen LogP contribution in [-0.2, 0) is 9.53 Å². The molecule has 1 unspecified atom stereocenters. The highest BCUT2D eigenvalue weighted by Gasteiger charge is 2.14. The van der Waals surface area contributed by atoms with Gasteiger partial charge in [-0.15, -0.1) is 0 Å². The van der Waals surface area contributed by atoms with Crippen molar-refractivity contribution in [1.29, 1.82) is 0 Å². The first-order valence-electron chi connectivity index (χ1n) is 5.99. The molecule has 0 fully saturated rings. The first kappa shape index (κ1) is 15.4. The Morgan fingerprint density at radius 3 is 2.31 bits per heavy atom. The summed E-state index contributed by atoms with van der Waals surface area (Å²) in [7, 11) is 1.70. The maximum absolute atomic E-state index is 11.4. The first-order valence-corrected chi connectivity index (χ1v) is 5.99. The highest BCUT2D eigenvalue weighted by Crippen LogP contribution is 2.05. The SMILES string of the molecule is COCCC(NCC(=O)NC(C)C)C(C)C. The van der Waals surface area contributed by atoms with E-state index in [2.05, 4.69) is 24.5 Å². The summed E-state index contributed by atoms with van der Waals surface area (Å²) in [5.41, 5.74) is 0. The van der Waals surface area contributed by atoms with Crippen molar-refractivity contribution < 1.29 is 9.53 Å². The minimum atomic E-state index is 0.0538. The number of hydrogen-bond acceptors (Lipinski definition) is 3. The molecular formula is C12H26N2O2. The molecule has 96 valence electrons. The monoisotopic (exact) mass is 230 g/mol. The van der Waals surface area contributed by atoms with Crippen molar-refractivity contribution in [1.82, 2.24) is 10.6 Å². The molecule has 0 spiro atoms. The lowest BCUT2D eigenvalue weighted by Gasteiger charge is -2.22. The van der Waals surface area contributed by atoms with Crippen LogP contribution in [0.3, 0.4) is 0 Å². The number of hydrogen-bond donors (Lipinski definition) is 2. The second-order valence-corrected chi connectivity index (χ2v) is 4.74. The molecule has 2 N–H and O–H groups in total. The van der Waals surface area contributed by atoms with Crippen molar-refractivity contribution in [3.8, 4) is 0 Å². The molecule has 0 aliphatic carbocycles. The molecule has 0 saturated heterocycles. The zero-order valence-corrected chi connectivity index (χ0v) is 11.2. The molecule has 0 aromatic carbocycles. The van der Waals surface area contributed by atoms with Gasteiger partial charge in [-0.2, -0.15) is 0 Å². The summed E-state index contributed by atoms with van der Waals surface area (Å²) in [6, 6.07) is 0.531. The van der Waals surface area contributed by atoms with E-state index in [9.17, 15) is 4.79 Å². The molecule has 1 amide bonds. The highest BCUT2D eigenvalue weighted by atomic mass is 16.5. The summed E-state index contributed by atoms with van der Waals surface area (Å²) in [5, 5.41) is 6.13. The molecule has 0 aliphatic heterocycles. The third-order valence-corrected chi connectivity index (χ3v) is 2.41. The van der Waals surface area contributed by atoms with Crippen molar-refractivity contribution in [2.75, 3.05) is 20.3 Å². The Labute approximate surface area is 99.1 Å². The van der Waals surface area contributed by atoms with E-state index in [1.807, 2.05) is 13.8 Å². The summed E-state index contributed by atoms with van der Waals surface area (Å²) >= 11 is 0. The largest absolute Gasteiger partial charge is 0.385 e. The van der Waals surface area contributed by atoms with E-state index in [1.54, 1.807) is 7.11 Å². The Morgan fingerprint density at radius 2 is 1.88 bits per heavy atom. The van der Waals surface area contributed by atoms with Crippen molar-refractivity contribution >= 4 is 5.91 Å². The minimum absolute atomic E-state index is 0.0538. The molecule has 0 bridgehead atoms. The number of rotatable bonds is 8. The second kappa shape index (κ2) is 8.53. The van der Waals surface area contributed by atoms with E-state index < -0.39 is 0 Å². The first-order chi connectivity index (χ1) is 7.47. The van der Waals surface area contributed by atoms with Crippen LogP contribution in [0, 0.1) is 5.92 Å². The third-order valence-electron chi connectivity index (χ3n) is 2.41. The second-order valence-electron chi connectivity index (χ2n) is 4.74. The van der Waals surface area contributed by atoms with Gasteiger partial charge in [-0.3, -0.25) is 4.79 Å². The smallest absolute Gasteiger partial charge is 0.234 e. The molecular weight excluding hydrogens is 204 g/mol. The maximum atomic E-state index is 11.4. The molecule has 16 heavy (non-hydrogen) atoms. The average molecular weight is 230 g/mol. The minimum Gasteiger partial charge on any atom is -0.385 e. The van der Waals surface area contributed by atoms with E-state index in [0.29, 0.717) is 18.5 Å². The van der Waals surface area contributed by atoms with Crippen LogP contribution in [0.5, 0.6) is 0 Å². The van der Waals surface area contributed by atoms with Crippen LogP contribution in [0.15, 0.2) is 0 Å². The van der Waals surface area contributed by atoms with E-state index in [-0.39, 0.29) is 11.9 Å². The maximum Gasteiger partial charge on any atom is 0.234 e. The number of carbonyl (C=O) groups excluding carboxylic acids is 1. The van der Waals surface area contributed by atoms with Crippen LogP contribution in [0.25, 0.3) is 0 Å². The van der Waals surface area contributed by atoms with Gasteiger partial charge in [0.15, 0.2) is 0 Å². The lowest BCUT2D eigenvalue weighted by Crippen LogP contribution is -2.43. The zero-order valence-electron chi connectivity index (χ0n) is 11.2. The normalized spacial score (nSPS) is 13.2. The third kappa shape index (κ3) is 7.65. The van der Waals surface area contributed by atoms with Gasteiger partial charge in [0.05, 0.1) is 6.54 Å². The van der Waals surface area contributed by atoms with Gasteiger partial charge in [-0.1, -0.05) is 13.8 Å². The molecule has 0 aromatic rings. The summed E-state index contributed by atoms with van der Waals surface area (Å²) < 4.78 is 5.05. The molecule has 0 aliphatic rings. The number of carbonyl (C=O) groups is 1. The Hall–Kier alpha value is -0.610. The number of nitrogens with one attached hydrogen (secondary N) is 2. The Morgan fingerprint density at radius 1 is 1.25 bits per heavy atom. The summed E-state index contributed by atoms with van der Waals surface area (Å²) in [6.45, 7) is 9.32. The molecule has 0 rings (SSSR count). The molecule has 0 saturated carbocycles. The highest BCUT2D eigenvalue weighted by molar-refractivity contribution is 5.78. The van der Waals surface area contributed by atoms with Gasteiger partial charge >= 0.3 is 0 Å². The lowest BCUT2D eigenvalue weighted by atomic mass is 10.0. The van der Waals surface area contributed by atoms with Crippen molar-refractivity contribution in [3.05, 3.63) is 0 Å². The quantitative estimate of drug-likeness (QED) is 0.658. The van der Waals surface area contributed by atoms with Crippen LogP contribution in [0.1, 0.15) is 34.1 Å². The predicted octanol–water partition coefficient (Wildman–Crippen LogP) is 1.16. The topological polar surface area (TPSA) is 50.4 Å². The standard InChI is InChI=1S/C12H26N2O2/c1-9(2)11(6-7-16-5)13-8-12(15)14-10(3)4/h9-11,13H,6-8H2,1-5H3,(H,14,15). The van der Waals surface area contributed by atoms with Crippen LogP contribution < -0.4 is 10.6 Å². The fourth-order valence-corrected chi connectivity index (χ4v) is 1.51. The molecule has 4 heteroatoms. The van der Waals surface area contributed by atoms with E-state index in [4.69, 9.17) is 4.74 Å². The van der Waals surface area contributed by atoms with E-state index in [1.165, 1.54) is 0 Å². The molecule has 0 aromatic heterocycles. The lowest BCUT2D eigenvalue weighted by molar-refractivity contribution is -0.120. The summed E-state index contributed by atoms with van der Waals surface area (Å²) in [4.78, 5) is 11.4. The number of methoxy groups -OCH3 is 1. The molecule has 4 nitrogen and oxygen atoms in total. The van der Waals surface area contributed by atoms with E-state index >= 15 is 0 Å². The van der Waals surface area contributed by atoms with Crippen molar-refractivity contribution in [3.63, 3.8) is 0 Å². The fraction of sp³-hybridized carbons (Fsp3) is 0.917. The van der Waals surface area contributed by atoms with Gasteiger partial charge in [0.2, 0.25) is 5.91 Å². The fourth-order valence-electron chi connectivity index (χ4n) is 1.51. The van der Waals surface area contributed by atoms with Crippen LogP contribution in [0.2, 0.25) is 0 Å². The van der Waals surface area contributed by atoms with Gasteiger partial charge < -0.3 is 15.4 Å². The van der Waals surface area contributed by atoms with Crippen LogP contribution >= 0.6 is 0 Å². The molecule has 1 atom stereocenters.